The SMILES string of the molecule is CC1=C[C@@H]2O[C@H]3C(O)C[C@@](C)([C@]2(CO)CC1=O)[C@]31CO1. The number of epoxide rings is 1. The molecule has 2 bridgehead atoms. The molecule has 5 nitrogen and oxygen atoms in total. The van der Waals surface area contributed by atoms with Gasteiger partial charge >= 0.3 is 0 Å². The second-order valence-corrected chi connectivity index (χ2v) is 7.02. The fourth-order valence-corrected chi connectivity index (χ4v) is 4.87. The van der Waals surface area contributed by atoms with Crippen LogP contribution in [0.3, 0.4) is 0 Å². The van der Waals surface area contributed by atoms with Crippen LogP contribution >= 0.6 is 0 Å². The van der Waals surface area contributed by atoms with Crippen LogP contribution in [0.1, 0.15) is 26.7 Å². The average molecular weight is 280 g/mol. The summed E-state index contributed by atoms with van der Waals surface area (Å²) >= 11 is 0. The van der Waals surface area contributed by atoms with Gasteiger partial charge in [-0.2, -0.15) is 0 Å². The minimum Gasteiger partial charge on any atom is -0.396 e. The van der Waals surface area contributed by atoms with Crippen molar-refractivity contribution >= 4 is 5.78 Å². The molecule has 1 spiro atoms. The second kappa shape index (κ2) is 3.53. The van der Waals surface area contributed by atoms with Gasteiger partial charge < -0.3 is 19.7 Å². The van der Waals surface area contributed by atoms with Gasteiger partial charge in [-0.05, 0) is 25.0 Å². The lowest BCUT2D eigenvalue weighted by Gasteiger charge is -2.56. The molecule has 110 valence electrons. The van der Waals surface area contributed by atoms with Gasteiger partial charge in [0, 0.05) is 17.3 Å². The highest BCUT2D eigenvalue weighted by Crippen LogP contribution is 2.70. The highest BCUT2D eigenvalue weighted by molar-refractivity contribution is 5.96. The third kappa shape index (κ3) is 1.14. The van der Waals surface area contributed by atoms with Crippen LogP contribution in [0.25, 0.3) is 0 Å². The van der Waals surface area contributed by atoms with Crippen LogP contribution in [0.15, 0.2) is 11.6 Å². The maximum absolute atomic E-state index is 12.2. The fourth-order valence-electron chi connectivity index (χ4n) is 4.87. The molecule has 0 aromatic heterocycles. The summed E-state index contributed by atoms with van der Waals surface area (Å²) < 4.78 is 11.8. The number of carbonyl (C=O) groups is 1. The van der Waals surface area contributed by atoms with Crippen molar-refractivity contribution < 1.29 is 24.5 Å². The largest absolute Gasteiger partial charge is 0.396 e. The van der Waals surface area contributed by atoms with E-state index < -0.39 is 22.5 Å². The number of allylic oxidation sites excluding steroid dienone is 1. The molecule has 2 aliphatic carbocycles. The van der Waals surface area contributed by atoms with E-state index in [1.807, 2.05) is 13.0 Å². The molecule has 0 radical (unpaired) electrons. The van der Waals surface area contributed by atoms with E-state index in [-0.39, 0.29) is 31.0 Å². The van der Waals surface area contributed by atoms with Crippen LogP contribution in [0.2, 0.25) is 0 Å². The van der Waals surface area contributed by atoms with E-state index in [2.05, 4.69) is 0 Å². The number of ether oxygens (including phenoxy) is 2. The highest BCUT2D eigenvalue weighted by Gasteiger charge is 2.81. The first-order valence-electron chi connectivity index (χ1n) is 7.20. The van der Waals surface area contributed by atoms with Crippen molar-refractivity contribution in [2.24, 2.45) is 10.8 Å². The summed E-state index contributed by atoms with van der Waals surface area (Å²) in [6.07, 6.45) is 1.31. The Kier molecular flexibility index (Phi) is 2.28. The number of hydrogen-bond donors (Lipinski definition) is 2. The summed E-state index contributed by atoms with van der Waals surface area (Å²) in [4.78, 5) is 12.2. The van der Waals surface area contributed by atoms with Gasteiger partial charge in [-0.1, -0.05) is 6.92 Å². The first-order valence-corrected chi connectivity index (χ1v) is 7.20. The van der Waals surface area contributed by atoms with Gasteiger partial charge in [0.05, 0.1) is 25.4 Å². The molecular formula is C15H20O5. The predicted molar refractivity (Wildman–Crippen MR) is 69.0 cm³/mol. The Morgan fingerprint density at radius 1 is 1.50 bits per heavy atom. The number of ketones is 1. The van der Waals surface area contributed by atoms with E-state index in [1.54, 1.807) is 6.92 Å². The Labute approximate surface area is 117 Å². The van der Waals surface area contributed by atoms with E-state index in [9.17, 15) is 15.0 Å². The topological polar surface area (TPSA) is 79.3 Å². The van der Waals surface area contributed by atoms with Gasteiger partial charge in [0.2, 0.25) is 0 Å². The lowest BCUT2D eigenvalue weighted by molar-refractivity contribution is -0.215. The number of fused-ring (bicyclic) bond motifs is 2. The highest BCUT2D eigenvalue weighted by atomic mass is 16.6. The number of hydrogen-bond acceptors (Lipinski definition) is 5. The number of aliphatic hydroxyl groups excluding tert-OH is 2. The molecule has 0 amide bonds. The quantitative estimate of drug-likeness (QED) is 0.670. The molecule has 1 saturated carbocycles. The number of rotatable bonds is 1. The van der Waals surface area contributed by atoms with Crippen molar-refractivity contribution in [1.29, 1.82) is 0 Å². The fraction of sp³-hybridized carbons (Fsp3) is 0.800. The summed E-state index contributed by atoms with van der Waals surface area (Å²) in [7, 11) is 0. The van der Waals surface area contributed by atoms with E-state index in [1.165, 1.54) is 0 Å². The lowest BCUT2D eigenvalue weighted by atomic mass is 9.52. The summed E-state index contributed by atoms with van der Waals surface area (Å²) in [5.74, 6) is 0.0516. The number of Topliss-reactive ketones (excluding diaryl/α,β-unsaturated/α-hetero) is 1. The molecule has 20 heavy (non-hydrogen) atoms. The van der Waals surface area contributed by atoms with E-state index in [0.29, 0.717) is 18.6 Å². The Bertz CT molecular complexity index is 522. The van der Waals surface area contributed by atoms with Gasteiger partial charge in [-0.15, -0.1) is 0 Å². The average Bonchev–Trinajstić information content (AvgIpc) is 3.16. The zero-order valence-electron chi connectivity index (χ0n) is 11.8. The third-order valence-corrected chi connectivity index (χ3v) is 6.35. The van der Waals surface area contributed by atoms with E-state index in [4.69, 9.17) is 9.47 Å². The van der Waals surface area contributed by atoms with Crippen molar-refractivity contribution in [2.45, 2.75) is 50.6 Å². The zero-order valence-corrected chi connectivity index (χ0v) is 11.8. The first-order chi connectivity index (χ1) is 9.40. The van der Waals surface area contributed by atoms with Crippen LogP contribution < -0.4 is 0 Å². The third-order valence-electron chi connectivity index (χ3n) is 6.35. The summed E-state index contributed by atoms with van der Waals surface area (Å²) in [6.45, 7) is 4.23. The van der Waals surface area contributed by atoms with Gasteiger partial charge in [-0.3, -0.25) is 4.79 Å². The molecule has 3 fully saturated rings. The van der Waals surface area contributed by atoms with E-state index >= 15 is 0 Å². The molecule has 4 rings (SSSR count). The minimum atomic E-state index is -0.686. The number of carbonyl (C=O) groups excluding carboxylic acids is 1. The first kappa shape index (κ1) is 13.0. The Morgan fingerprint density at radius 2 is 2.20 bits per heavy atom. The molecular weight excluding hydrogens is 260 g/mol. The molecule has 5 heteroatoms. The van der Waals surface area contributed by atoms with Crippen molar-refractivity contribution in [1.82, 2.24) is 0 Å². The molecule has 4 aliphatic rings. The molecule has 6 atom stereocenters. The van der Waals surface area contributed by atoms with Crippen LogP contribution in [-0.2, 0) is 14.3 Å². The summed E-state index contributed by atoms with van der Waals surface area (Å²) in [5, 5.41) is 20.5. The van der Waals surface area contributed by atoms with Gasteiger partial charge in [0.25, 0.3) is 0 Å². The lowest BCUT2D eigenvalue weighted by Crippen LogP contribution is -2.65. The Balaban J connectivity index is 1.90. The maximum Gasteiger partial charge on any atom is 0.159 e. The van der Waals surface area contributed by atoms with Crippen LogP contribution in [0.4, 0.5) is 0 Å². The van der Waals surface area contributed by atoms with Crippen molar-refractivity contribution in [3.63, 3.8) is 0 Å². The Hall–Kier alpha value is -0.750. The van der Waals surface area contributed by atoms with Crippen molar-refractivity contribution in [3.8, 4) is 0 Å². The zero-order chi connectivity index (χ0) is 14.3. The minimum absolute atomic E-state index is 0.0516. The predicted octanol–water partition coefficient (Wildman–Crippen LogP) is 0.191. The monoisotopic (exact) mass is 280 g/mol. The molecule has 0 aromatic carbocycles. The van der Waals surface area contributed by atoms with Crippen molar-refractivity contribution in [2.75, 3.05) is 13.2 Å². The Morgan fingerprint density at radius 3 is 2.80 bits per heavy atom. The summed E-state index contributed by atoms with van der Waals surface area (Å²) in [6, 6.07) is 0. The van der Waals surface area contributed by atoms with Gasteiger partial charge in [-0.25, -0.2) is 0 Å². The smallest absolute Gasteiger partial charge is 0.159 e. The molecule has 0 aromatic rings. The molecule has 1 unspecified atom stereocenters. The van der Waals surface area contributed by atoms with E-state index in [0.717, 1.165) is 0 Å². The molecule has 2 heterocycles. The molecule has 2 N–H and O–H groups in total. The van der Waals surface area contributed by atoms with Gasteiger partial charge in [0.1, 0.15) is 11.7 Å². The standard InChI is InChI=1S/C15H20O5/c1-8-3-11-14(6-16,5-9(8)17)13(2)4-10(18)12(20-11)15(13)7-19-15/h3,10-12,16,18H,4-7H2,1-2H3/t10?,11-,12-,13-,14-,15-/m0/s1. The second-order valence-electron chi connectivity index (χ2n) is 7.02. The van der Waals surface area contributed by atoms with Gasteiger partial charge in [0.15, 0.2) is 5.78 Å². The van der Waals surface area contributed by atoms with Crippen LogP contribution in [0.5, 0.6) is 0 Å². The normalized spacial score (nSPS) is 56.7. The van der Waals surface area contributed by atoms with Crippen molar-refractivity contribution in [3.05, 3.63) is 11.6 Å². The van der Waals surface area contributed by atoms with Crippen LogP contribution in [-0.4, -0.2) is 53.1 Å². The molecule has 2 aliphatic heterocycles. The molecule has 2 saturated heterocycles. The number of aliphatic hydroxyl groups is 2. The summed E-state index contributed by atoms with van der Waals surface area (Å²) in [5.41, 5.74) is -0.961. The van der Waals surface area contributed by atoms with Crippen LogP contribution in [0, 0.1) is 10.8 Å². The maximum atomic E-state index is 12.2.